The average Bonchev–Trinajstić information content (AvgIpc) is 2.82. The maximum absolute atomic E-state index is 13.1. The quantitative estimate of drug-likeness (QED) is 0.249. The molecule has 3 fully saturated rings. The summed E-state index contributed by atoms with van der Waals surface area (Å²) in [6.07, 6.45) is 5.35. The predicted octanol–water partition coefficient (Wildman–Crippen LogP) is 2.28. The highest BCUT2D eigenvalue weighted by Crippen LogP contribution is 2.48. The molecule has 35 heavy (non-hydrogen) atoms. The van der Waals surface area contributed by atoms with Gasteiger partial charge in [-0.05, 0) is 56.4 Å². The van der Waals surface area contributed by atoms with Crippen molar-refractivity contribution in [2.45, 2.75) is 54.5 Å². The van der Waals surface area contributed by atoms with Gasteiger partial charge in [-0.3, -0.25) is 0 Å². The van der Waals surface area contributed by atoms with Crippen molar-refractivity contribution in [1.29, 1.82) is 0 Å². The Balaban J connectivity index is 1.40. The fraction of sp³-hybridized carbons (Fsp3) is 1.00. The number of ether oxygens (including phenoxy) is 3. The third-order valence-corrected chi connectivity index (χ3v) is 10.7. The van der Waals surface area contributed by atoms with Gasteiger partial charge in [-0.1, -0.05) is 12.8 Å². The van der Waals surface area contributed by atoms with Crippen LogP contribution in [0, 0.1) is 23.7 Å². The molecule has 0 amide bonds. The molecular weight excluding hydrogens is 513 g/mol. The van der Waals surface area contributed by atoms with Gasteiger partial charge in [0, 0.05) is 36.9 Å². The molecule has 2 aliphatic carbocycles. The minimum Gasteiger partial charge on any atom is -0.378 e. The molecule has 0 spiro atoms. The van der Waals surface area contributed by atoms with Crippen molar-refractivity contribution in [2.75, 3.05) is 72.9 Å². The molecule has 206 valence electrons. The highest BCUT2D eigenvalue weighted by atomic mass is 35.5. The second-order valence-corrected chi connectivity index (χ2v) is 13.6. The highest BCUT2D eigenvalue weighted by Gasteiger charge is 2.47. The number of piperidine rings is 1. The van der Waals surface area contributed by atoms with E-state index in [1.807, 2.05) is 0 Å². The number of hydrogen-bond donors (Lipinski definition) is 2. The first kappa shape index (κ1) is 29.8. The second kappa shape index (κ2) is 15.0. The SMILES string of the molecule is CN1CC2C(Cl)CC(Cl)CC2[C@H](C2CCCC(S(=O)(=O)NCCOCCOCCOCCN)C2)C1. The Morgan fingerprint density at radius 2 is 1.54 bits per heavy atom. The molecule has 0 radical (unpaired) electrons. The van der Waals surface area contributed by atoms with Crippen LogP contribution in [0.4, 0.5) is 0 Å². The Labute approximate surface area is 221 Å². The van der Waals surface area contributed by atoms with Gasteiger partial charge in [-0.25, -0.2) is 13.1 Å². The molecule has 0 bridgehead atoms. The molecule has 3 N–H and O–H groups in total. The topological polar surface area (TPSA) is 103 Å². The first-order valence-corrected chi connectivity index (χ1v) is 15.6. The second-order valence-electron chi connectivity index (χ2n) is 10.4. The zero-order valence-corrected chi connectivity index (χ0v) is 23.4. The molecule has 6 unspecified atom stereocenters. The molecule has 1 saturated heterocycles. The maximum Gasteiger partial charge on any atom is 0.214 e. The van der Waals surface area contributed by atoms with Gasteiger partial charge in [0.1, 0.15) is 0 Å². The Kier molecular flexibility index (Phi) is 12.8. The number of nitrogens with one attached hydrogen (secondary N) is 1. The summed E-state index contributed by atoms with van der Waals surface area (Å²) in [5, 5.41) is -0.100. The molecule has 0 aromatic rings. The fourth-order valence-corrected chi connectivity index (χ4v) is 8.83. The van der Waals surface area contributed by atoms with E-state index in [1.54, 1.807) is 0 Å². The Hall–Kier alpha value is 0.290. The van der Waals surface area contributed by atoms with Gasteiger partial charge in [0.2, 0.25) is 10.0 Å². The zero-order valence-electron chi connectivity index (χ0n) is 21.1. The van der Waals surface area contributed by atoms with E-state index in [0.29, 0.717) is 69.9 Å². The lowest BCUT2D eigenvalue weighted by molar-refractivity contribution is 0.0109. The molecule has 2 saturated carbocycles. The van der Waals surface area contributed by atoms with E-state index >= 15 is 0 Å². The van der Waals surface area contributed by atoms with Crippen LogP contribution in [0.25, 0.3) is 0 Å². The van der Waals surface area contributed by atoms with Crippen LogP contribution in [0.15, 0.2) is 0 Å². The number of hydrogen-bond acceptors (Lipinski definition) is 7. The van der Waals surface area contributed by atoms with Crippen LogP contribution in [0.3, 0.4) is 0 Å². The zero-order chi connectivity index (χ0) is 25.3. The van der Waals surface area contributed by atoms with Crippen LogP contribution in [-0.4, -0.2) is 102 Å². The molecule has 1 heterocycles. The van der Waals surface area contributed by atoms with Gasteiger partial charge in [0.25, 0.3) is 0 Å². The molecule has 11 heteroatoms. The summed E-state index contributed by atoms with van der Waals surface area (Å²) in [6.45, 7) is 5.54. The molecule has 0 aromatic carbocycles. The van der Waals surface area contributed by atoms with Gasteiger partial charge in [-0.15, -0.1) is 23.2 Å². The monoisotopic (exact) mass is 557 g/mol. The lowest BCUT2D eigenvalue weighted by atomic mass is 9.63. The van der Waals surface area contributed by atoms with Gasteiger partial charge >= 0.3 is 0 Å². The predicted molar refractivity (Wildman–Crippen MR) is 141 cm³/mol. The standard InChI is InChI=1S/C24H45Cl2N3O5S/c1-29-16-22(21-14-19(25)15-24(26)23(21)17-29)18-3-2-4-20(13-18)35(30,31)28-6-8-33-10-12-34-11-9-32-7-5-27/h18-24,28H,2-17,27H2,1H3/t18?,19?,20?,21?,22-,23?,24?/m0/s1. The van der Waals surface area contributed by atoms with Crippen molar-refractivity contribution in [1.82, 2.24) is 9.62 Å². The first-order valence-electron chi connectivity index (χ1n) is 13.2. The van der Waals surface area contributed by atoms with Crippen LogP contribution in [0.1, 0.15) is 38.5 Å². The normalized spacial score (nSPS) is 34.6. The number of sulfonamides is 1. The number of likely N-dealkylation sites (tertiary alicyclic amines) is 1. The number of halogens is 2. The summed E-state index contributed by atoms with van der Waals surface area (Å²) in [7, 11) is -1.22. The number of fused-ring (bicyclic) bond motifs is 1. The number of rotatable bonds is 14. The van der Waals surface area contributed by atoms with E-state index in [9.17, 15) is 8.42 Å². The van der Waals surface area contributed by atoms with E-state index in [2.05, 4.69) is 16.7 Å². The lowest BCUT2D eigenvalue weighted by Gasteiger charge is -2.51. The minimum absolute atomic E-state index is 0.112. The molecule has 3 rings (SSSR count). The third-order valence-electron chi connectivity index (χ3n) is 7.89. The molecule has 8 nitrogen and oxygen atoms in total. The third kappa shape index (κ3) is 9.21. The molecular formula is C24H45Cl2N3O5S. The van der Waals surface area contributed by atoms with Gasteiger partial charge in [0.05, 0.1) is 44.9 Å². The first-order chi connectivity index (χ1) is 16.8. The number of nitrogens with zero attached hydrogens (tertiary/aromatic N) is 1. The fourth-order valence-electron chi connectivity index (χ4n) is 6.28. The summed E-state index contributed by atoms with van der Waals surface area (Å²) in [4.78, 5) is 2.39. The van der Waals surface area contributed by atoms with Crippen molar-refractivity contribution >= 4 is 33.2 Å². The van der Waals surface area contributed by atoms with E-state index in [0.717, 1.165) is 51.6 Å². The minimum atomic E-state index is -3.38. The number of alkyl halides is 2. The summed E-state index contributed by atoms with van der Waals surface area (Å²) in [5.41, 5.74) is 5.35. The van der Waals surface area contributed by atoms with Crippen molar-refractivity contribution in [3.8, 4) is 0 Å². The summed E-state index contributed by atoms with van der Waals surface area (Å²) in [6, 6.07) is 0. The largest absolute Gasteiger partial charge is 0.378 e. The van der Waals surface area contributed by atoms with Crippen molar-refractivity contribution in [3.05, 3.63) is 0 Å². The van der Waals surface area contributed by atoms with Crippen LogP contribution >= 0.6 is 23.2 Å². The van der Waals surface area contributed by atoms with E-state index in [1.165, 1.54) is 0 Å². The Morgan fingerprint density at radius 3 is 2.26 bits per heavy atom. The Morgan fingerprint density at radius 1 is 0.886 bits per heavy atom. The maximum atomic E-state index is 13.1. The summed E-state index contributed by atoms with van der Waals surface area (Å²) >= 11 is 13.3. The smallest absolute Gasteiger partial charge is 0.214 e. The van der Waals surface area contributed by atoms with Gasteiger partial charge in [-0.2, -0.15) is 0 Å². The van der Waals surface area contributed by atoms with Gasteiger partial charge in [0.15, 0.2) is 0 Å². The molecule has 0 aromatic heterocycles. The molecule has 7 atom stereocenters. The lowest BCUT2D eigenvalue weighted by Crippen LogP contribution is -2.54. The average molecular weight is 559 g/mol. The van der Waals surface area contributed by atoms with Crippen LogP contribution in [-0.2, 0) is 24.2 Å². The van der Waals surface area contributed by atoms with E-state index in [-0.39, 0.29) is 22.5 Å². The summed E-state index contributed by atoms with van der Waals surface area (Å²) in [5.74, 6) is 1.80. The summed E-state index contributed by atoms with van der Waals surface area (Å²) < 4.78 is 45.0. The highest BCUT2D eigenvalue weighted by molar-refractivity contribution is 7.90. The van der Waals surface area contributed by atoms with Crippen LogP contribution in [0.2, 0.25) is 0 Å². The van der Waals surface area contributed by atoms with Crippen molar-refractivity contribution < 1.29 is 22.6 Å². The van der Waals surface area contributed by atoms with Crippen molar-refractivity contribution in [2.24, 2.45) is 29.4 Å². The number of nitrogens with two attached hydrogens (primary N) is 1. The Bertz CT molecular complexity index is 719. The molecule has 3 aliphatic rings. The van der Waals surface area contributed by atoms with E-state index in [4.69, 9.17) is 43.1 Å². The van der Waals surface area contributed by atoms with Crippen molar-refractivity contribution in [3.63, 3.8) is 0 Å². The van der Waals surface area contributed by atoms with Crippen LogP contribution < -0.4 is 10.5 Å². The van der Waals surface area contributed by atoms with Crippen LogP contribution in [0.5, 0.6) is 0 Å². The molecule has 1 aliphatic heterocycles. The van der Waals surface area contributed by atoms with Gasteiger partial charge < -0.3 is 24.8 Å². The van der Waals surface area contributed by atoms with E-state index < -0.39 is 10.0 Å².